The fourth-order valence-corrected chi connectivity index (χ4v) is 2.39. The maximum Gasteiger partial charge on any atom is 0.221 e. The molecule has 6 heteroatoms. The average Bonchev–Trinajstić information content (AvgIpc) is 2.60. The molecule has 0 unspecified atom stereocenters. The highest BCUT2D eigenvalue weighted by Crippen LogP contribution is 2.08. The smallest absolute Gasteiger partial charge is 0.221 e. The highest BCUT2D eigenvalue weighted by Gasteiger charge is 2.06. The van der Waals surface area contributed by atoms with Crippen LogP contribution < -0.4 is 10.7 Å². The molecule has 0 bridgehead atoms. The van der Waals surface area contributed by atoms with Gasteiger partial charge in [-0.05, 0) is 25.0 Å². The summed E-state index contributed by atoms with van der Waals surface area (Å²) >= 11 is 0. The molecule has 6 nitrogen and oxygen atoms in total. The number of amides is 1. The monoisotopic (exact) mass is 331 g/mol. The highest BCUT2D eigenvalue weighted by atomic mass is 16.5. The summed E-state index contributed by atoms with van der Waals surface area (Å²) < 4.78 is 7.15. The van der Waals surface area contributed by atoms with Crippen LogP contribution in [0.5, 0.6) is 0 Å². The van der Waals surface area contributed by atoms with Crippen LogP contribution in [-0.4, -0.2) is 35.4 Å². The van der Waals surface area contributed by atoms with Gasteiger partial charge in [-0.2, -0.15) is 5.10 Å². The Bertz CT molecular complexity index is 712. The summed E-state index contributed by atoms with van der Waals surface area (Å²) in [4.78, 5) is 23.7. The van der Waals surface area contributed by atoms with Crippen LogP contribution in [0, 0.1) is 0 Å². The first-order valence-electron chi connectivity index (χ1n) is 8.51. The van der Waals surface area contributed by atoms with E-state index in [4.69, 9.17) is 4.74 Å². The molecule has 1 N–H and O–H groups in total. The van der Waals surface area contributed by atoms with Crippen LogP contribution in [0.4, 0.5) is 0 Å². The number of unbranched alkanes of at least 4 members (excludes halogenated alkanes) is 1. The van der Waals surface area contributed by atoms with E-state index in [-0.39, 0.29) is 11.3 Å². The van der Waals surface area contributed by atoms with Crippen LogP contribution in [0.15, 0.2) is 35.3 Å². The molecule has 1 aromatic heterocycles. The van der Waals surface area contributed by atoms with Gasteiger partial charge in [-0.1, -0.05) is 25.5 Å². The summed E-state index contributed by atoms with van der Waals surface area (Å²) in [5.74, 6) is -0.0202. The van der Waals surface area contributed by atoms with E-state index in [1.807, 2.05) is 18.2 Å². The van der Waals surface area contributed by atoms with Gasteiger partial charge in [0.1, 0.15) is 0 Å². The number of hydrogen-bond acceptors (Lipinski definition) is 4. The Morgan fingerprint density at radius 1 is 1.25 bits per heavy atom. The molecule has 130 valence electrons. The van der Waals surface area contributed by atoms with Gasteiger partial charge in [0, 0.05) is 31.6 Å². The van der Waals surface area contributed by atoms with E-state index >= 15 is 0 Å². The van der Waals surface area contributed by atoms with Crippen molar-refractivity contribution in [3.05, 3.63) is 40.7 Å². The van der Waals surface area contributed by atoms with Gasteiger partial charge in [0.2, 0.25) is 11.3 Å². The Labute approximate surface area is 141 Å². The molecule has 2 aromatic rings. The lowest BCUT2D eigenvalue weighted by molar-refractivity contribution is -0.121. The molecule has 0 aliphatic heterocycles. The second kappa shape index (κ2) is 9.82. The normalized spacial score (nSPS) is 10.9. The van der Waals surface area contributed by atoms with E-state index in [1.165, 1.54) is 6.20 Å². The van der Waals surface area contributed by atoms with Crippen molar-refractivity contribution in [3.8, 4) is 0 Å². The van der Waals surface area contributed by atoms with Gasteiger partial charge in [-0.3, -0.25) is 14.3 Å². The number of carbonyl (C=O) groups excluding carboxylic acids is 1. The molecule has 2 rings (SSSR count). The maximum absolute atomic E-state index is 11.9. The fraction of sp³-hybridized carbons (Fsp3) is 0.500. The Morgan fingerprint density at radius 2 is 2.04 bits per heavy atom. The average molecular weight is 331 g/mol. The SMILES string of the molecule is CCCCOCCCNC(=O)CCn1ncc(=O)c2ccccc21. The van der Waals surface area contributed by atoms with Crippen LogP contribution in [-0.2, 0) is 16.1 Å². The molecule has 0 saturated heterocycles. The van der Waals surface area contributed by atoms with Crippen molar-refractivity contribution < 1.29 is 9.53 Å². The highest BCUT2D eigenvalue weighted by molar-refractivity contribution is 5.78. The summed E-state index contributed by atoms with van der Waals surface area (Å²) in [7, 11) is 0. The Morgan fingerprint density at radius 3 is 2.88 bits per heavy atom. The van der Waals surface area contributed by atoms with Crippen molar-refractivity contribution in [2.24, 2.45) is 0 Å². The summed E-state index contributed by atoms with van der Waals surface area (Å²) in [5, 5.41) is 7.62. The number of para-hydroxylation sites is 1. The number of nitrogens with one attached hydrogen (secondary N) is 1. The maximum atomic E-state index is 11.9. The largest absolute Gasteiger partial charge is 0.381 e. The molecule has 0 fully saturated rings. The van der Waals surface area contributed by atoms with E-state index in [1.54, 1.807) is 10.7 Å². The molecule has 1 heterocycles. The van der Waals surface area contributed by atoms with Crippen molar-refractivity contribution in [1.82, 2.24) is 15.1 Å². The summed E-state index contributed by atoms with van der Waals surface area (Å²) in [6.07, 6.45) is 4.65. The van der Waals surface area contributed by atoms with Crippen molar-refractivity contribution in [1.29, 1.82) is 0 Å². The third kappa shape index (κ3) is 5.45. The number of aryl methyl sites for hydroxylation is 1. The molecule has 0 aliphatic rings. The number of fused-ring (bicyclic) bond motifs is 1. The van der Waals surface area contributed by atoms with Crippen molar-refractivity contribution in [2.45, 2.75) is 39.2 Å². The van der Waals surface area contributed by atoms with Crippen LogP contribution in [0.2, 0.25) is 0 Å². The minimum Gasteiger partial charge on any atom is -0.381 e. The van der Waals surface area contributed by atoms with E-state index in [9.17, 15) is 9.59 Å². The number of hydrogen-bond donors (Lipinski definition) is 1. The van der Waals surface area contributed by atoms with Gasteiger partial charge in [0.05, 0.1) is 18.3 Å². The molecular weight excluding hydrogens is 306 g/mol. The van der Waals surface area contributed by atoms with Crippen molar-refractivity contribution >= 4 is 16.8 Å². The van der Waals surface area contributed by atoms with Crippen LogP contribution >= 0.6 is 0 Å². The topological polar surface area (TPSA) is 73.2 Å². The number of carbonyl (C=O) groups is 1. The molecule has 1 aromatic carbocycles. The zero-order valence-corrected chi connectivity index (χ0v) is 14.2. The number of benzene rings is 1. The van der Waals surface area contributed by atoms with Gasteiger partial charge in [0.15, 0.2) is 0 Å². The van der Waals surface area contributed by atoms with E-state index in [0.29, 0.717) is 31.5 Å². The first-order chi connectivity index (χ1) is 11.7. The number of nitrogens with zero attached hydrogens (tertiary/aromatic N) is 2. The number of ether oxygens (including phenoxy) is 1. The molecule has 0 spiro atoms. The van der Waals surface area contributed by atoms with Crippen LogP contribution in [0.25, 0.3) is 10.9 Å². The van der Waals surface area contributed by atoms with E-state index < -0.39 is 0 Å². The second-order valence-electron chi connectivity index (χ2n) is 5.67. The third-order valence-electron chi connectivity index (χ3n) is 3.74. The fourth-order valence-electron chi connectivity index (χ4n) is 2.39. The first-order valence-corrected chi connectivity index (χ1v) is 8.51. The zero-order valence-electron chi connectivity index (χ0n) is 14.2. The van der Waals surface area contributed by atoms with E-state index in [2.05, 4.69) is 17.3 Å². The molecule has 0 aliphatic carbocycles. The van der Waals surface area contributed by atoms with Gasteiger partial charge < -0.3 is 10.1 Å². The van der Waals surface area contributed by atoms with Crippen LogP contribution in [0.3, 0.4) is 0 Å². The van der Waals surface area contributed by atoms with Gasteiger partial charge in [0.25, 0.3) is 0 Å². The van der Waals surface area contributed by atoms with E-state index in [0.717, 1.165) is 31.4 Å². The quantitative estimate of drug-likeness (QED) is 0.677. The lowest BCUT2D eigenvalue weighted by Gasteiger charge is -2.09. The first kappa shape index (κ1) is 18.1. The minimum atomic E-state index is -0.102. The van der Waals surface area contributed by atoms with Gasteiger partial charge in [-0.15, -0.1) is 0 Å². The molecule has 24 heavy (non-hydrogen) atoms. The molecular formula is C18H25N3O3. The number of rotatable bonds is 10. The van der Waals surface area contributed by atoms with Crippen LogP contribution in [0.1, 0.15) is 32.6 Å². The molecule has 0 saturated carbocycles. The lowest BCUT2D eigenvalue weighted by Crippen LogP contribution is -2.26. The van der Waals surface area contributed by atoms with Gasteiger partial charge in [-0.25, -0.2) is 0 Å². The Hall–Kier alpha value is -2.21. The lowest BCUT2D eigenvalue weighted by atomic mass is 10.2. The molecule has 0 radical (unpaired) electrons. The Kier molecular flexibility index (Phi) is 7.42. The Balaban J connectivity index is 1.75. The van der Waals surface area contributed by atoms with Crippen molar-refractivity contribution in [2.75, 3.05) is 19.8 Å². The minimum absolute atomic E-state index is 0.0202. The second-order valence-corrected chi connectivity index (χ2v) is 5.67. The van der Waals surface area contributed by atoms with Crippen molar-refractivity contribution in [3.63, 3.8) is 0 Å². The third-order valence-corrected chi connectivity index (χ3v) is 3.74. The summed E-state index contributed by atoms with van der Waals surface area (Å²) in [6.45, 7) is 4.65. The number of aromatic nitrogens is 2. The molecule has 0 atom stereocenters. The molecule has 1 amide bonds. The summed E-state index contributed by atoms with van der Waals surface area (Å²) in [5.41, 5.74) is 0.650. The van der Waals surface area contributed by atoms with Gasteiger partial charge >= 0.3 is 0 Å². The summed E-state index contributed by atoms with van der Waals surface area (Å²) in [6, 6.07) is 7.30. The predicted octanol–water partition coefficient (Wildman–Crippen LogP) is 2.11. The zero-order chi connectivity index (χ0) is 17.2. The standard InChI is InChI=1S/C18H25N3O3/c1-2-3-12-24-13-6-10-19-18(23)9-11-21-16-8-5-4-7-15(16)17(22)14-20-21/h4-5,7-8,14H,2-3,6,9-13H2,1H3,(H,19,23). The predicted molar refractivity (Wildman–Crippen MR) is 94.0 cm³/mol.